The molecule has 4 nitrogen and oxygen atoms in total. The molecule has 0 heterocycles. The fraction of sp³-hybridized carbons (Fsp3) is 0.133. The Bertz CT molecular complexity index is 1250. The van der Waals surface area contributed by atoms with Crippen LogP contribution in [0.1, 0.15) is 45.7 Å². The summed E-state index contributed by atoms with van der Waals surface area (Å²) in [5, 5.41) is 18.0. The van der Waals surface area contributed by atoms with E-state index >= 15 is 0 Å². The Labute approximate surface area is 218 Å². The van der Waals surface area contributed by atoms with E-state index < -0.39 is 7.12 Å². The highest BCUT2D eigenvalue weighted by atomic mass is 35.5. The zero-order chi connectivity index (χ0) is 26.7. The number of carbonyl (C=O) groups is 2. The minimum atomic E-state index is -1.35. The lowest BCUT2D eigenvalue weighted by Gasteiger charge is -2.03. The largest absolute Gasteiger partial charge is 0.488 e. The molecule has 0 radical (unpaired) electrons. The van der Waals surface area contributed by atoms with Crippen LogP contribution in [-0.4, -0.2) is 28.7 Å². The Kier molecular flexibility index (Phi) is 11.3. The molecular formula is C30H30BClO4. The molecule has 0 saturated heterocycles. The zero-order valence-electron chi connectivity index (χ0n) is 20.9. The molecule has 2 N–H and O–H groups in total. The topological polar surface area (TPSA) is 74.6 Å². The van der Waals surface area contributed by atoms with Crippen LogP contribution in [0.5, 0.6) is 0 Å². The van der Waals surface area contributed by atoms with E-state index in [0.29, 0.717) is 16.0 Å². The van der Waals surface area contributed by atoms with Gasteiger partial charge < -0.3 is 10.0 Å². The quantitative estimate of drug-likeness (QED) is 0.263. The first-order chi connectivity index (χ1) is 17.1. The standard InChI is InChI=1S/C15H14O.C8H7ClO.C7H9BO2/c1-11-3-5-14(6-4-11)15-9-7-13(8-10-15)12(2)16;1-6(10)7-2-4-8(9)5-3-7;1-6-2-4-7(5-3-6)8(9)10/h3-10H,1-2H3;2-5H,1H3;2-5,9-10H,1H3. The van der Waals surface area contributed by atoms with Crippen LogP contribution < -0.4 is 5.46 Å². The molecule has 0 bridgehead atoms. The lowest BCUT2D eigenvalue weighted by atomic mass is 9.80. The fourth-order valence-electron chi connectivity index (χ4n) is 3.07. The van der Waals surface area contributed by atoms with E-state index in [2.05, 4.69) is 31.2 Å². The van der Waals surface area contributed by atoms with Crippen LogP contribution in [0.4, 0.5) is 0 Å². The second-order valence-corrected chi connectivity index (χ2v) is 8.78. The van der Waals surface area contributed by atoms with Crippen LogP contribution in [-0.2, 0) is 0 Å². The summed E-state index contributed by atoms with van der Waals surface area (Å²) in [4.78, 5) is 21.9. The first kappa shape index (κ1) is 28.7. The van der Waals surface area contributed by atoms with Gasteiger partial charge in [0.15, 0.2) is 11.6 Å². The maximum absolute atomic E-state index is 11.1. The molecule has 0 unspecified atom stereocenters. The molecule has 0 saturated carbocycles. The van der Waals surface area contributed by atoms with Gasteiger partial charge >= 0.3 is 7.12 Å². The fourth-order valence-corrected chi connectivity index (χ4v) is 3.19. The van der Waals surface area contributed by atoms with Crippen molar-refractivity contribution in [3.63, 3.8) is 0 Å². The van der Waals surface area contributed by atoms with Gasteiger partial charge in [0.05, 0.1) is 0 Å². The third kappa shape index (κ3) is 9.63. The molecule has 0 aliphatic rings. The minimum Gasteiger partial charge on any atom is -0.423 e. The minimum absolute atomic E-state index is 0.0664. The number of hydrogen-bond donors (Lipinski definition) is 2. The van der Waals surface area contributed by atoms with E-state index in [-0.39, 0.29) is 11.6 Å². The van der Waals surface area contributed by atoms with Gasteiger partial charge in [-0.3, -0.25) is 9.59 Å². The monoisotopic (exact) mass is 500 g/mol. The number of halogens is 1. The van der Waals surface area contributed by atoms with Crippen molar-refractivity contribution in [3.8, 4) is 11.1 Å². The Morgan fingerprint density at radius 3 is 1.28 bits per heavy atom. The molecular weight excluding hydrogens is 471 g/mol. The van der Waals surface area contributed by atoms with Crippen LogP contribution in [0.15, 0.2) is 97.1 Å². The average molecular weight is 501 g/mol. The lowest BCUT2D eigenvalue weighted by Crippen LogP contribution is -2.29. The smallest absolute Gasteiger partial charge is 0.423 e. The summed E-state index contributed by atoms with van der Waals surface area (Å²) >= 11 is 5.61. The van der Waals surface area contributed by atoms with E-state index in [1.165, 1.54) is 18.1 Å². The Hall–Kier alpha value is -3.51. The Balaban J connectivity index is 0.000000200. The number of carbonyl (C=O) groups excluding carboxylic acids is 2. The van der Waals surface area contributed by atoms with Gasteiger partial charge in [-0.05, 0) is 68.6 Å². The maximum atomic E-state index is 11.1. The zero-order valence-corrected chi connectivity index (χ0v) is 21.7. The van der Waals surface area contributed by atoms with Crippen LogP contribution in [0.3, 0.4) is 0 Å². The third-order valence-corrected chi connectivity index (χ3v) is 5.55. The van der Waals surface area contributed by atoms with Gasteiger partial charge in [0.1, 0.15) is 0 Å². The van der Waals surface area contributed by atoms with Gasteiger partial charge in [0, 0.05) is 16.1 Å². The van der Waals surface area contributed by atoms with Crippen LogP contribution in [0.2, 0.25) is 5.02 Å². The summed E-state index contributed by atoms with van der Waals surface area (Å²) in [7, 11) is -1.35. The van der Waals surface area contributed by atoms with Crippen LogP contribution in [0, 0.1) is 13.8 Å². The number of benzene rings is 4. The first-order valence-corrected chi connectivity index (χ1v) is 11.8. The lowest BCUT2D eigenvalue weighted by molar-refractivity contribution is 0.100. The van der Waals surface area contributed by atoms with Crippen molar-refractivity contribution in [1.82, 2.24) is 0 Å². The molecule has 0 fully saturated rings. The molecule has 184 valence electrons. The van der Waals surface area contributed by atoms with E-state index in [0.717, 1.165) is 16.7 Å². The van der Waals surface area contributed by atoms with Crippen molar-refractivity contribution in [2.45, 2.75) is 27.7 Å². The first-order valence-electron chi connectivity index (χ1n) is 11.4. The molecule has 0 amide bonds. The van der Waals surface area contributed by atoms with Crippen LogP contribution >= 0.6 is 11.6 Å². The van der Waals surface area contributed by atoms with Gasteiger partial charge in [0.2, 0.25) is 0 Å². The van der Waals surface area contributed by atoms with Gasteiger partial charge in [-0.15, -0.1) is 0 Å². The molecule has 0 aliphatic heterocycles. The van der Waals surface area contributed by atoms with Gasteiger partial charge in [0.25, 0.3) is 0 Å². The van der Waals surface area contributed by atoms with E-state index in [4.69, 9.17) is 21.6 Å². The van der Waals surface area contributed by atoms with Crippen molar-refractivity contribution in [2.75, 3.05) is 0 Å². The van der Waals surface area contributed by atoms with Crippen molar-refractivity contribution >= 4 is 35.7 Å². The molecule has 4 aromatic rings. The number of ketones is 2. The molecule has 0 aliphatic carbocycles. The second kappa shape index (κ2) is 14.2. The van der Waals surface area contributed by atoms with Crippen LogP contribution in [0.25, 0.3) is 11.1 Å². The molecule has 6 heteroatoms. The summed E-state index contributed by atoms with van der Waals surface area (Å²) in [5.41, 5.74) is 6.69. The molecule has 4 aromatic carbocycles. The summed E-state index contributed by atoms with van der Waals surface area (Å²) in [6.07, 6.45) is 0. The second-order valence-electron chi connectivity index (χ2n) is 8.35. The maximum Gasteiger partial charge on any atom is 0.488 e. The molecule has 0 atom stereocenters. The Morgan fingerprint density at radius 1 is 0.583 bits per heavy atom. The number of Topliss-reactive ketones (excluding diaryl/α,β-unsaturated/α-hetero) is 2. The predicted molar refractivity (Wildman–Crippen MR) is 149 cm³/mol. The highest BCUT2D eigenvalue weighted by molar-refractivity contribution is 6.58. The van der Waals surface area contributed by atoms with Crippen molar-refractivity contribution in [2.24, 2.45) is 0 Å². The van der Waals surface area contributed by atoms with E-state index in [1.54, 1.807) is 43.3 Å². The summed E-state index contributed by atoms with van der Waals surface area (Å²) in [6.45, 7) is 7.14. The summed E-state index contributed by atoms with van der Waals surface area (Å²) < 4.78 is 0. The van der Waals surface area contributed by atoms with Gasteiger partial charge in [-0.1, -0.05) is 95.5 Å². The van der Waals surface area contributed by atoms with E-state index in [1.807, 2.05) is 43.3 Å². The van der Waals surface area contributed by atoms with Gasteiger partial charge in [-0.25, -0.2) is 0 Å². The third-order valence-electron chi connectivity index (χ3n) is 5.30. The van der Waals surface area contributed by atoms with Crippen molar-refractivity contribution in [1.29, 1.82) is 0 Å². The normalized spacial score (nSPS) is 9.75. The predicted octanol–water partition coefficient (Wildman–Crippen LogP) is 6.08. The number of rotatable bonds is 4. The molecule has 0 spiro atoms. The molecule has 0 aromatic heterocycles. The number of aryl methyl sites for hydroxylation is 2. The van der Waals surface area contributed by atoms with Gasteiger partial charge in [-0.2, -0.15) is 0 Å². The number of hydrogen-bond acceptors (Lipinski definition) is 4. The molecule has 36 heavy (non-hydrogen) atoms. The average Bonchev–Trinajstić information content (AvgIpc) is 2.86. The van der Waals surface area contributed by atoms with Crippen molar-refractivity contribution in [3.05, 3.63) is 124 Å². The summed E-state index contributed by atoms with van der Waals surface area (Å²) in [6, 6.07) is 30.0. The Morgan fingerprint density at radius 2 is 0.917 bits per heavy atom. The van der Waals surface area contributed by atoms with Crippen molar-refractivity contribution < 1.29 is 19.6 Å². The SMILES string of the molecule is CC(=O)c1ccc(-c2ccc(C)cc2)cc1.CC(=O)c1ccc(Cl)cc1.Cc1ccc(B(O)O)cc1. The summed E-state index contributed by atoms with van der Waals surface area (Å²) in [5.74, 6) is 0.173. The highest BCUT2D eigenvalue weighted by Crippen LogP contribution is 2.20. The van der Waals surface area contributed by atoms with E-state index in [9.17, 15) is 9.59 Å². The molecule has 4 rings (SSSR count). The highest BCUT2D eigenvalue weighted by Gasteiger charge is 2.08.